The summed E-state index contributed by atoms with van der Waals surface area (Å²) in [6.45, 7) is 1.77. The Labute approximate surface area is 126 Å². The van der Waals surface area contributed by atoms with Gasteiger partial charge in [0, 0.05) is 25.2 Å². The molecule has 0 saturated carbocycles. The van der Waals surface area contributed by atoms with Crippen molar-refractivity contribution >= 4 is 28.1 Å². The van der Waals surface area contributed by atoms with Crippen LogP contribution in [0.15, 0.2) is 18.6 Å². The number of piperidine rings is 1. The van der Waals surface area contributed by atoms with Crippen molar-refractivity contribution in [2.75, 3.05) is 23.3 Å². The van der Waals surface area contributed by atoms with Crippen molar-refractivity contribution in [1.29, 1.82) is 5.26 Å². The standard InChI is InChI=1S/C13H15N7S/c14-5-10-6-16-13(21-10)19-11-4-12(18-8-17-11)20-3-1-2-9(15)7-20/h4,6,8-9H,1-3,7,15H2,(H,16,17,18,19). The van der Waals surface area contributed by atoms with E-state index in [0.29, 0.717) is 15.8 Å². The van der Waals surface area contributed by atoms with Crippen LogP contribution >= 0.6 is 11.3 Å². The molecule has 0 radical (unpaired) electrons. The van der Waals surface area contributed by atoms with Crippen LogP contribution in [0.1, 0.15) is 17.7 Å². The number of nitrogens with two attached hydrogens (primary N) is 1. The van der Waals surface area contributed by atoms with E-state index in [9.17, 15) is 0 Å². The number of nitrogens with zero attached hydrogens (tertiary/aromatic N) is 5. The van der Waals surface area contributed by atoms with E-state index in [1.165, 1.54) is 17.7 Å². The van der Waals surface area contributed by atoms with Gasteiger partial charge in [-0.25, -0.2) is 15.0 Å². The van der Waals surface area contributed by atoms with Gasteiger partial charge in [0.2, 0.25) is 0 Å². The number of anilines is 3. The van der Waals surface area contributed by atoms with E-state index in [4.69, 9.17) is 11.0 Å². The normalized spacial score (nSPS) is 18.3. The van der Waals surface area contributed by atoms with E-state index in [1.807, 2.05) is 6.07 Å². The van der Waals surface area contributed by atoms with Gasteiger partial charge < -0.3 is 16.0 Å². The van der Waals surface area contributed by atoms with Gasteiger partial charge in [-0.15, -0.1) is 0 Å². The summed E-state index contributed by atoms with van der Waals surface area (Å²) in [7, 11) is 0. The fourth-order valence-electron chi connectivity index (χ4n) is 2.30. The Kier molecular flexibility index (Phi) is 3.94. The lowest BCUT2D eigenvalue weighted by molar-refractivity contribution is 0.503. The zero-order valence-electron chi connectivity index (χ0n) is 11.4. The van der Waals surface area contributed by atoms with Crippen LogP contribution in [0.5, 0.6) is 0 Å². The monoisotopic (exact) mass is 301 g/mol. The van der Waals surface area contributed by atoms with Gasteiger partial charge in [0.05, 0.1) is 6.20 Å². The second-order valence-corrected chi connectivity index (χ2v) is 5.91. The Bertz CT molecular complexity index is 663. The van der Waals surface area contributed by atoms with Crippen LogP contribution in [0.3, 0.4) is 0 Å². The topological polar surface area (TPSA) is 104 Å². The molecule has 2 aromatic heterocycles. The fraction of sp³-hybridized carbons (Fsp3) is 0.385. The van der Waals surface area contributed by atoms with Crippen molar-refractivity contribution in [3.05, 3.63) is 23.5 Å². The van der Waals surface area contributed by atoms with E-state index in [2.05, 4.69) is 31.2 Å². The van der Waals surface area contributed by atoms with Gasteiger partial charge in [-0.3, -0.25) is 0 Å². The molecule has 3 N–H and O–H groups in total. The van der Waals surface area contributed by atoms with E-state index >= 15 is 0 Å². The van der Waals surface area contributed by atoms with Gasteiger partial charge in [0.1, 0.15) is 28.9 Å². The molecule has 0 amide bonds. The molecule has 0 aliphatic carbocycles. The first kappa shape index (κ1) is 13.7. The average molecular weight is 301 g/mol. The maximum atomic E-state index is 8.80. The molecule has 0 aromatic carbocycles. The second-order valence-electron chi connectivity index (χ2n) is 4.88. The number of nitriles is 1. The number of thiazole rings is 1. The van der Waals surface area contributed by atoms with Crippen LogP contribution in [0.25, 0.3) is 0 Å². The zero-order valence-corrected chi connectivity index (χ0v) is 12.2. The summed E-state index contributed by atoms with van der Waals surface area (Å²) in [5, 5.41) is 12.5. The summed E-state index contributed by atoms with van der Waals surface area (Å²) < 4.78 is 0. The lowest BCUT2D eigenvalue weighted by Gasteiger charge is -2.31. The molecule has 3 heterocycles. The Hall–Kier alpha value is -2.24. The third-order valence-electron chi connectivity index (χ3n) is 3.29. The summed E-state index contributed by atoms with van der Waals surface area (Å²) >= 11 is 1.29. The molecule has 1 fully saturated rings. The maximum Gasteiger partial charge on any atom is 0.189 e. The van der Waals surface area contributed by atoms with Gasteiger partial charge in [-0.2, -0.15) is 5.26 Å². The molecular weight excluding hydrogens is 286 g/mol. The third-order valence-corrected chi connectivity index (χ3v) is 4.10. The molecule has 21 heavy (non-hydrogen) atoms. The van der Waals surface area contributed by atoms with E-state index in [1.54, 1.807) is 6.20 Å². The lowest BCUT2D eigenvalue weighted by atomic mass is 10.1. The van der Waals surface area contributed by atoms with Crippen molar-refractivity contribution in [3.8, 4) is 6.07 Å². The summed E-state index contributed by atoms with van der Waals surface area (Å²) in [5.74, 6) is 1.53. The van der Waals surface area contributed by atoms with Gasteiger partial charge in [0.15, 0.2) is 5.13 Å². The van der Waals surface area contributed by atoms with Crippen LogP contribution in [-0.2, 0) is 0 Å². The smallest absolute Gasteiger partial charge is 0.189 e. The largest absolute Gasteiger partial charge is 0.355 e. The first-order valence-electron chi connectivity index (χ1n) is 6.70. The van der Waals surface area contributed by atoms with Crippen molar-refractivity contribution in [2.45, 2.75) is 18.9 Å². The van der Waals surface area contributed by atoms with Crippen LogP contribution in [0.4, 0.5) is 16.8 Å². The average Bonchev–Trinajstić information content (AvgIpc) is 2.95. The first-order valence-corrected chi connectivity index (χ1v) is 7.52. The van der Waals surface area contributed by atoms with Crippen molar-refractivity contribution in [3.63, 3.8) is 0 Å². The van der Waals surface area contributed by atoms with Crippen LogP contribution < -0.4 is 16.0 Å². The highest BCUT2D eigenvalue weighted by Crippen LogP contribution is 2.23. The minimum atomic E-state index is 0.197. The third kappa shape index (κ3) is 3.26. The molecule has 1 saturated heterocycles. The summed E-state index contributed by atoms with van der Waals surface area (Å²) in [6.07, 6.45) is 5.20. The maximum absolute atomic E-state index is 8.80. The molecule has 8 heteroatoms. The number of nitrogens with one attached hydrogen (secondary N) is 1. The molecule has 108 valence electrons. The van der Waals surface area contributed by atoms with E-state index < -0.39 is 0 Å². The molecule has 0 bridgehead atoms. The van der Waals surface area contributed by atoms with Crippen molar-refractivity contribution in [1.82, 2.24) is 15.0 Å². The van der Waals surface area contributed by atoms with Gasteiger partial charge in [-0.1, -0.05) is 11.3 Å². The van der Waals surface area contributed by atoms with Crippen LogP contribution in [0, 0.1) is 11.3 Å². The molecular formula is C13H15N7S. The van der Waals surface area contributed by atoms with Crippen LogP contribution in [0.2, 0.25) is 0 Å². The predicted octanol–water partition coefficient (Wildman–Crippen LogP) is 1.48. The van der Waals surface area contributed by atoms with Gasteiger partial charge in [0.25, 0.3) is 0 Å². The molecule has 1 aliphatic rings. The lowest BCUT2D eigenvalue weighted by Crippen LogP contribution is -2.43. The quantitative estimate of drug-likeness (QED) is 0.884. The summed E-state index contributed by atoms with van der Waals surface area (Å²) in [4.78, 5) is 15.4. The fourth-order valence-corrected chi connectivity index (χ4v) is 2.92. The number of aromatic nitrogens is 3. The van der Waals surface area contributed by atoms with E-state index in [0.717, 1.165) is 31.7 Å². The van der Waals surface area contributed by atoms with Gasteiger partial charge in [-0.05, 0) is 12.8 Å². The van der Waals surface area contributed by atoms with E-state index in [-0.39, 0.29) is 6.04 Å². The highest BCUT2D eigenvalue weighted by Gasteiger charge is 2.18. The minimum absolute atomic E-state index is 0.197. The van der Waals surface area contributed by atoms with Crippen LogP contribution in [-0.4, -0.2) is 34.1 Å². The number of hydrogen-bond acceptors (Lipinski definition) is 8. The molecule has 7 nitrogen and oxygen atoms in total. The SMILES string of the molecule is N#Cc1cnc(Nc2cc(N3CCCC(N)C3)ncn2)s1. The first-order chi connectivity index (χ1) is 10.2. The highest BCUT2D eigenvalue weighted by atomic mass is 32.1. The Morgan fingerprint density at radius 1 is 1.43 bits per heavy atom. The number of hydrogen-bond donors (Lipinski definition) is 2. The molecule has 0 spiro atoms. The van der Waals surface area contributed by atoms with Crippen molar-refractivity contribution in [2.24, 2.45) is 5.73 Å². The highest BCUT2D eigenvalue weighted by molar-refractivity contribution is 7.16. The Balaban J connectivity index is 1.75. The minimum Gasteiger partial charge on any atom is -0.355 e. The van der Waals surface area contributed by atoms with Crippen molar-refractivity contribution < 1.29 is 0 Å². The Morgan fingerprint density at radius 3 is 3.10 bits per heavy atom. The Morgan fingerprint density at radius 2 is 2.33 bits per heavy atom. The zero-order chi connectivity index (χ0) is 14.7. The molecule has 2 aromatic rings. The second kappa shape index (κ2) is 6.03. The molecule has 1 aliphatic heterocycles. The predicted molar refractivity (Wildman–Crippen MR) is 81.6 cm³/mol. The summed E-state index contributed by atoms with van der Waals surface area (Å²) in [6, 6.07) is 4.14. The molecule has 3 rings (SSSR count). The summed E-state index contributed by atoms with van der Waals surface area (Å²) in [5.41, 5.74) is 6.00. The molecule has 1 atom stereocenters. The number of rotatable bonds is 3. The van der Waals surface area contributed by atoms with Gasteiger partial charge >= 0.3 is 0 Å². The molecule has 1 unspecified atom stereocenters.